The number of hydrogen-bond acceptors (Lipinski definition) is 3. The Balaban J connectivity index is 2.14. The van der Waals surface area contributed by atoms with Gasteiger partial charge >= 0.3 is 5.97 Å². The van der Waals surface area contributed by atoms with Crippen LogP contribution in [0.1, 0.15) is 39.0 Å². The molecular weight excluding hydrogens is 292 g/mol. The zero-order chi connectivity index (χ0) is 17.0. The predicted molar refractivity (Wildman–Crippen MR) is 87.6 cm³/mol. The van der Waals surface area contributed by atoms with Crippen LogP contribution in [0.5, 0.6) is 0 Å². The summed E-state index contributed by atoms with van der Waals surface area (Å²) in [6.45, 7) is 4.01. The summed E-state index contributed by atoms with van der Waals surface area (Å²) >= 11 is 0. The SMILES string of the molecule is Cc1ccccc1CC(C)N(C)C(=O)c1cccc(C(=O)O)n1. The molecule has 5 heteroatoms. The third-order valence-electron chi connectivity index (χ3n) is 3.95. The van der Waals surface area contributed by atoms with Crippen molar-refractivity contribution in [3.63, 3.8) is 0 Å². The second-order valence-corrected chi connectivity index (χ2v) is 5.61. The van der Waals surface area contributed by atoms with Crippen LogP contribution in [-0.2, 0) is 6.42 Å². The summed E-state index contributed by atoms with van der Waals surface area (Å²) in [5.41, 5.74) is 2.39. The lowest BCUT2D eigenvalue weighted by Gasteiger charge is -2.25. The second-order valence-electron chi connectivity index (χ2n) is 5.61. The van der Waals surface area contributed by atoms with Crippen molar-refractivity contribution in [1.82, 2.24) is 9.88 Å². The Labute approximate surface area is 135 Å². The monoisotopic (exact) mass is 312 g/mol. The summed E-state index contributed by atoms with van der Waals surface area (Å²) in [5, 5.41) is 8.98. The van der Waals surface area contributed by atoms with E-state index in [4.69, 9.17) is 5.11 Å². The van der Waals surface area contributed by atoms with Gasteiger partial charge in [0.15, 0.2) is 0 Å². The van der Waals surface area contributed by atoms with Gasteiger partial charge in [0.25, 0.3) is 5.91 Å². The molecule has 23 heavy (non-hydrogen) atoms. The first-order valence-corrected chi connectivity index (χ1v) is 7.42. The first-order valence-electron chi connectivity index (χ1n) is 7.42. The van der Waals surface area contributed by atoms with E-state index in [1.807, 2.05) is 38.1 Å². The van der Waals surface area contributed by atoms with Crippen LogP contribution in [0.3, 0.4) is 0 Å². The number of benzene rings is 1. The Morgan fingerprint density at radius 1 is 1.13 bits per heavy atom. The maximum absolute atomic E-state index is 12.5. The summed E-state index contributed by atoms with van der Waals surface area (Å²) in [6, 6.07) is 12.5. The summed E-state index contributed by atoms with van der Waals surface area (Å²) in [7, 11) is 1.71. The molecule has 0 fully saturated rings. The lowest BCUT2D eigenvalue weighted by molar-refractivity contribution is 0.0689. The van der Waals surface area contributed by atoms with Crippen molar-refractivity contribution in [3.05, 3.63) is 65.0 Å². The molecule has 1 aromatic heterocycles. The first-order chi connectivity index (χ1) is 10.9. The van der Waals surface area contributed by atoms with Crippen molar-refractivity contribution in [3.8, 4) is 0 Å². The topological polar surface area (TPSA) is 70.5 Å². The van der Waals surface area contributed by atoms with Crippen LogP contribution in [0.4, 0.5) is 0 Å². The molecule has 2 aromatic rings. The molecule has 1 unspecified atom stereocenters. The Morgan fingerprint density at radius 3 is 2.43 bits per heavy atom. The third-order valence-corrected chi connectivity index (χ3v) is 3.95. The molecule has 0 bridgehead atoms. The van der Waals surface area contributed by atoms with Gasteiger partial charge in [0.1, 0.15) is 11.4 Å². The molecule has 1 heterocycles. The number of carbonyl (C=O) groups is 2. The Kier molecular flexibility index (Phi) is 5.11. The molecule has 5 nitrogen and oxygen atoms in total. The smallest absolute Gasteiger partial charge is 0.354 e. The van der Waals surface area contributed by atoms with Crippen molar-refractivity contribution in [1.29, 1.82) is 0 Å². The van der Waals surface area contributed by atoms with E-state index in [-0.39, 0.29) is 23.3 Å². The Morgan fingerprint density at radius 2 is 1.78 bits per heavy atom. The minimum atomic E-state index is -1.14. The highest BCUT2D eigenvalue weighted by Crippen LogP contribution is 2.14. The molecular formula is C18H20N2O3. The van der Waals surface area contributed by atoms with Crippen molar-refractivity contribution in [2.45, 2.75) is 26.3 Å². The number of pyridine rings is 1. The van der Waals surface area contributed by atoms with Gasteiger partial charge in [0.05, 0.1) is 0 Å². The molecule has 0 aliphatic rings. The quantitative estimate of drug-likeness (QED) is 0.921. The van der Waals surface area contributed by atoms with E-state index >= 15 is 0 Å². The number of carboxylic acids is 1. The van der Waals surface area contributed by atoms with Gasteiger partial charge in [-0.1, -0.05) is 30.3 Å². The summed E-state index contributed by atoms with van der Waals surface area (Å²) in [6.07, 6.45) is 0.730. The highest BCUT2D eigenvalue weighted by atomic mass is 16.4. The van der Waals surface area contributed by atoms with Crippen LogP contribution in [0.25, 0.3) is 0 Å². The average Bonchev–Trinajstić information content (AvgIpc) is 2.55. The predicted octanol–water partition coefficient (Wildman–Crippen LogP) is 2.79. The van der Waals surface area contributed by atoms with Gasteiger partial charge in [0.2, 0.25) is 0 Å². The van der Waals surface area contributed by atoms with Crippen LogP contribution < -0.4 is 0 Å². The Hall–Kier alpha value is -2.69. The molecule has 120 valence electrons. The zero-order valence-corrected chi connectivity index (χ0v) is 13.5. The maximum atomic E-state index is 12.5. The second kappa shape index (κ2) is 7.05. The summed E-state index contributed by atoms with van der Waals surface area (Å²) < 4.78 is 0. The van der Waals surface area contributed by atoms with Gasteiger partial charge in [-0.2, -0.15) is 0 Å². The number of aryl methyl sites for hydroxylation is 1. The molecule has 1 amide bonds. The van der Waals surface area contributed by atoms with Crippen molar-refractivity contribution in [2.24, 2.45) is 0 Å². The number of aromatic carboxylic acids is 1. The van der Waals surface area contributed by atoms with Crippen LogP contribution in [-0.4, -0.2) is 40.0 Å². The van der Waals surface area contributed by atoms with E-state index in [1.165, 1.54) is 29.3 Å². The van der Waals surface area contributed by atoms with Gasteiger partial charge < -0.3 is 10.0 Å². The molecule has 0 spiro atoms. The van der Waals surface area contributed by atoms with E-state index < -0.39 is 5.97 Å². The number of likely N-dealkylation sites (N-methyl/N-ethyl adjacent to an activating group) is 1. The lowest BCUT2D eigenvalue weighted by atomic mass is 10.0. The van der Waals surface area contributed by atoms with Gasteiger partial charge in [0, 0.05) is 13.1 Å². The number of rotatable bonds is 5. The fourth-order valence-electron chi connectivity index (χ4n) is 2.35. The fourth-order valence-corrected chi connectivity index (χ4v) is 2.35. The molecule has 0 radical (unpaired) electrons. The number of carboxylic acid groups (broad SMARTS) is 1. The Bertz CT molecular complexity index is 728. The normalized spacial score (nSPS) is 11.8. The molecule has 2 rings (SSSR count). The van der Waals surface area contributed by atoms with Crippen molar-refractivity contribution >= 4 is 11.9 Å². The zero-order valence-electron chi connectivity index (χ0n) is 13.5. The molecule has 1 N–H and O–H groups in total. The maximum Gasteiger partial charge on any atom is 0.354 e. The standard InChI is InChI=1S/C18H20N2O3/c1-12-7-4-5-8-14(12)11-13(2)20(3)17(21)15-9-6-10-16(19-15)18(22)23/h4-10,13H,11H2,1-3H3,(H,22,23). The van der Waals surface area contributed by atoms with Crippen molar-refractivity contribution in [2.75, 3.05) is 7.05 Å². The third kappa shape index (κ3) is 3.94. The van der Waals surface area contributed by atoms with Gasteiger partial charge in [-0.3, -0.25) is 4.79 Å². The number of aromatic nitrogens is 1. The van der Waals surface area contributed by atoms with Crippen LogP contribution in [0.15, 0.2) is 42.5 Å². The van der Waals surface area contributed by atoms with E-state index in [0.717, 1.165) is 6.42 Å². The average molecular weight is 312 g/mol. The highest BCUT2D eigenvalue weighted by molar-refractivity contribution is 5.94. The van der Waals surface area contributed by atoms with Gasteiger partial charge in [-0.15, -0.1) is 0 Å². The van der Waals surface area contributed by atoms with E-state index in [2.05, 4.69) is 4.98 Å². The van der Waals surface area contributed by atoms with Crippen LogP contribution in [0, 0.1) is 6.92 Å². The molecule has 0 aliphatic carbocycles. The van der Waals surface area contributed by atoms with E-state index in [0.29, 0.717) is 0 Å². The minimum absolute atomic E-state index is 0.0288. The van der Waals surface area contributed by atoms with Crippen molar-refractivity contribution < 1.29 is 14.7 Å². The summed E-state index contributed by atoms with van der Waals surface area (Å²) in [5.74, 6) is -1.43. The molecule has 0 saturated carbocycles. The van der Waals surface area contributed by atoms with E-state index in [1.54, 1.807) is 11.9 Å². The van der Waals surface area contributed by atoms with Crippen LogP contribution >= 0.6 is 0 Å². The number of carbonyl (C=O) groups excluding carboxylic acids is 1. The molecule has 1 atom stereocenters. The van der Waals surface area contributed by atoms with E-state index in [9.17, 15) is 9.59 Å². The first kappa shape index (κ1) is 16.7. The highest BCUT2D eigenvalue weighted by Gasteiger charge is 2.20. The fraction of sp³-hybridized carbons (Fsp3) is 0.278. The largest absolute Gasteiger partial charge is 0.477 e. The molecule has 1 aromatic carbocycles. The molecule has 0 aliphatic heterocycles. The summed E-state index contributed by atoms with van der Waals surface area (Å²) in [4.78, 5) is 29.0. The van der Waals surface area contributed by atoms with Gasteiger partial charge in [-0.25, -0.2) is 9.78 Å². The number of amides is 1. The lowest BCUT2D eigenvalue weighted by Crippen LogP contribution is -2.37. The van der Waals surface area contributed by atoms with Gasteiger partial charge in [-0.05, 0) is 43.5 Å². The molecule has 0 saturated heterocycles. The number of nitrogens with zero attached hydrogens (tertiary/aromatic N) is 2. The van der Waals surface area contributed by atoms with Crippen LogP contribution in [0.2, 0.25) is 0 Å². The minimum Gasteiger partial charge on any atom is -0.477 e. The number of hydrogen-bond donors (Lipinski definition) is 1.